The van der Waals surface area contributed by atoms with Gasteiger partial charge < -0.3 is 15.0 Å². The molecule has 2 aromatic rings. The summed E-state index contributed by atoms with van der Waals surface area (Å²) in [6.07, 6.45) is 8.88. The summed E-state index contributed by atoms with van der Waals surface area (Å²) < 4.78 is 32.6. The number of carbonyl (C=O) groups is 2. The number of benzene rings is 2. The smallest absolute Gasteiger partial charge is 0.244 e. The highest BCUT2D eigenvalue weighted by molar-refractivity contribution is 7.92. The number of hydrogen-bond acceptors (Lipinski definition) is 5. The first-order valence-corrected chi connectivity index (χ1v) is 17.3. The Morgan fingerprint density at radius 1 is 0.953 bits per heavy atom. The summed E-state index contributed by atoms with van der Waals surface area (Å²) in [4.78, 5) is 28.6. The number of nitrogens with one attached hydrogen (secondary N) is 1. The third kappa shape index (κ3) is 7.03. The van der Waals surface area contributed by atoms with Crippen molar-refractivity contribution in [1.82, 2.24) is 10.2 Å². The summed E-state index contributed by atoms with van der Waals surface area (Å²) in [5.74, 6) is 2.35. The van der Waals surface area contributed by atoms with Crippen LogP contribution in [0.1, 0.15) is 77.3 Å². The van der Waals surface area contributed by atoms with E-state index >= 15 is 0 Å². The van der Waals surface area contributed by atoms with E-state index in [1.54, 1.807) is 26.2 Å². The number of hydrogen-bond donors (Lipinski definition) is 1. The second-order valence-corrected chi connectivity index (χ2v) is 16.2. The number of anilines is 1. The molecule has 0 saturated heterocycles. The Kier molecular flexibility index (Phi) is 8.60. The van der Waals surface area contributed by atoms with E-state index in [0.717, 1.165) is 33.9 Å². The van der Waals surface area contributed by atoms with E-state index in [4.69, 9.17) is 4.74 Å². The number of amides is 2. The highest BCUT2D eigenvalue weighted by atomic mass is 32.2. The Hall–Kier alpha value is -3.07. The number of nitrogens with zero attached hydrogens (tertiary/aromatic N) is 2. The van der Waals surface area contributed by atoms with Crippen LogP contribution in [0.5, 0.6) is 5.75 Å². The van der Waals surface area contributed by atoms with Crippen LogP contribution in [0.3, 0.4) is 0 Å². The predicted molar refractivity (Wildman–Crippen MR) is 169 cm³/mol. The van der Waals surface area contributed by atoms with Crippen molar-refractivity contribution < 1.29 is 22.7 Å². The minimum Gasteiger partial charge on any atom is -0.497 e. The van der Waals surface area contributed by atoms with Crippen molar-refractivity contribution in [2.75, 3.05) is 24.2 Å². The lowest BCUT2D eigenvalue weighted by Crippen LogP contribution is -2.54. The Morgan fingerprint density at radius 3 is 1.95 bits per heavy atom. The van der Waals surface area contributed by atoms with Crippen molar-refractivity contribution in [2.24, 2.45) is 17.8 Å². The molecule has 0 unspecified atom stereocenters. The van der Waals surface area contributed by atoms with Crippen molar-refractivity contribution in [2.45, 2.75) is 89.8 Å². The lowest BCUT2D eigenvalue weighted by Gasteiger charge is -2.57. The molecule has 1 N–H and O–H groups in total. The van der Waals surface area contributed by atoms with Gasteiger partial charge in [-0.1, -0.05) is 24.3 Å². The van der Waals surface area contributed by atoms with Crippen LogP contribution < -0.4 is 14.4 Å². The third-order valence-corrected chi connectivity index (χ3v) is 10.8. The molecule has 43 heavy (non-hydrogen) atoms. The lowest BCUT2D eigenvalue weighted by molar-refractivity contribution is -0.140. The summed E-state index contributed by atoms with van der Waals surface area (Å²) >= 11 is 0. The van der Waals surface area contributed by atoms with Crippen molar-refractivity contribution >= 4 is 27.5 Å². The van der Waals surface area contributed by atoms with Crippen LogP contribution in [0.25, 0.3) is 0 Å². The van der Waals surface area contributed by atoms with Gasteiger partial charge in [-0.2, -0.15) is 0 Å². The molecular weight excluding hydrogens is 562 g/mol. The Bertz CT molecular complexity index is 1390. The summed E-state index contributed by atoms with van der Waals surface area (Å²) in [6, 6.07) is 14.3. The number of carbonyl (C=O) groups excluding carboxylic acids is 2. The monoisotopic (exact) mass is 609 g/mol. The quantitative estimate of drug-likeness (QED) is 0.397. The molecule has 4 saturated carbocycles. The topological polar surface area (TPSA) is 96.0 Å². The highest BCUT2D eigenvalue weighted by Gasteiger charge is 2.51. The van der Waals surface area contributed by atoms with Gasteiger partial charge in [0.15, 0.2) is 0 Å². The minimum atomic E-state index is -3.79. The maximum atomic E-state index is 13.9. The van der Waals surface area contributed by atoms with Crippen molar-refractivity contribution in [1.29, 1.82) is 0 Å². The Balaban J connectivity index is 1.39. The normalized spacial score (nSPS) is 25.2. The van der Waals surface area contributed by atoms with Crippen LogP contribution in [-0.4, -0.2) is 56.6 Å². The molecule has 4 bridgehead atoms. The summed E-state index contributed by atoms with van der Waals surface area (Å²) in [7, 11) is -2.21. The van der Waals surface area contributed by atoms with Gasteiger partial charge in [0.1, 0.15) is 18.3 Å². The SMILES string of the molecule is COc1ccc(CN(C(=O)CN(c2ccc(C34CC5CC(CC(C5)C3)C4)cc2)S(C)(=O)=O)[C@@H](C)C(=O)NC(C)(C)C)cc1. The molecule has 6 rings (SSSR count). The van der Waals surface area contributed by atoms with E-state index in [1.807, 2.05) is 45.0 Å². The standard InChI is InChI=1S/C34H47N3O5S/c1-23(32(39)35-33(2,3)4)36(21-24-7-13-30(42-5)14-8-24)31(38)22-37(43(6,40)41)29-11-9-28(10-12-29)34-18-25-15-26(19-34)17-27(16-25)20-34/h7-14,23,25-27H,15-22H2,1-6H3,(H,35,39)/t23-,25?,26?,27?,34?/m0/s1. The van der Waals surface area contributed by atoms with E-state index in [-0.39, 0.29) is 17.9 Å². The average Bonchev–Trinajstić information content (AvgIpc) is 2.92. The van der Waals surface area contributed by atoms with E-state index in [9.17, 15) is 18.0 Å². The molecule has 1 atom stereocenters. The van der Waals surface area contributed by atoms with Gasteiger partial charge in [-0.15, -0.1) is 0 Å². The van der Waals surface area contributed by atoms with Crippen LogP contribution >= 0.6 is 0 Å². The highest BCUT2D eigenvalue weighted by Crippen LogP contribution is 2.60. The third-order valence-electron chi connectivity index (χ3n) is 9.66. The molecule has 9 heteroatoms. The van der Waals surface area contributed by atoms with E-state index in [0.29, 0.717) is 11.4 Å². The minimum absolute atomic E-state index is 0.143. The fourth-order valence-electron chi connectivity index (χ4n) is 8.04. The zero-order valence-electron chi connectivity index (χ0n) is 26.4. The molecule has 0 radical (unpaired) electrons. The van der Waals surface area contributed by atoms with Gasteiger partial charge in [-0.05, 0) is 125 Å². The molecule has 0 heterocycles. The predicted octanol–water partition coefficient (Wildman–Crippen LogP) is 5.26. The molecule has 8 nitrogen and oxygen atoms in total. The van der Waals surface area contributed by atoms with Crippen LogP contribution in [-0.2, 0) is 31.6 Å². The summed E-state index contributed by atoms with van der Waals surface area (Å²) in [5, 5.41) is 2.95. The number of rotatable bonds is 10. The largest absolute Gasteiger partial charge is 0.497 e. The summed E-state index contributed by atoms with van der Waals surface area (Å²) in [5.41, 5.74) is 2.26. The molecule has 234 valence electrons. The number of ether oxygens (including phenoxy) is 1. The first-order valence-electron chi connectivity index (χ1n) is 15.5. The molecule has 2 aromatic carbocycles. The molecule has 0 aromatic heterocycles. The van der Waals surface area contributed by atoms with E-state index < -0.39 is 34.1 Å². The number of methoxy groups -OCH3 is 1. The van der Waals surface area contributed by atoms with Crippen LogP contribution in [0.15, 0.2) is 48.5 Å². The zero-order chi connectivity index (χ0) is 31.2. The van der Waals surface area contributed by atoms with Gasteiger partial charge in [0.25, 0.3) is 0 Å². The lowest BCUT2D eigenvalue weighted by atomic mass is 9.48. The van der Waals surface area contributed by atoms with Crippen LogP contribution in [0.4, 0.5) is 5.69 Å². The van der Waals surface area contributed by atoms with Crippen molar-refractivity contribution in [3.05, 3.63) is 59.7 Å². The van der Waals surface area contributed by atoms with Crippen LogP contribution in [0.2, 0.25) is 0 Å². The molecule has 0 aliphatic heterocycles. The van der Waals surface area contributed by atoms with E-state index in [1.165, 1.54) is 49.0 Å². The average molecular weight is 610 g/mol. The maximum absolute atomic E-state index is 13.9. The molecule has 4 aliphatic rings. The van der Waals surface area contributed by atoms with Crippen molar-refractivity contribution in [3.63, 3.8) is 0 Å². The van der Waals surface area contributed by atoms with Gasteiger partial charge in [0.05, 0.1) is 19.1 Å². The molecule has 4 fully saturated rings. The second-order valence-electron chi connectivity index (χ2n) is 14.3. The first kappa shape index (κ1) is 31.4. The van der Waals surface area contributed by atoms with Gasteiger partial charge in [-0.25, -0.2) is 8.42 Å². The van der Waals surface area contributed by atoms with Crippen LogP contribution in [0, 0.1) is 17.8 Å². The van der Waals surface area contributed by atoms with E-state index in [2.05, 4.69) is 17.4 Å². The molecule has 4 aliphatic carbocycles. The van der Waals surface area contributed by atoms with Gasteiger partial charge >= 0.3 is 0 Å². The zero-order valence-corrected chi connectivity index (χ0v) is 27.2. The van der Waals surface area contributed by atoms with Crippen molar-refractivity contribution in [3.8, 4) is 5.75 Å². The second kappa shape index (κ2) is 11.8. The van der Waals surface area contributed by atoms with Gasteiger partial charge in [-0.3, -0.25) is 13.9 Å². The fraction of sp³-hybridized carbons (Fsp3) is 0.588. The van der Waals surface area contributed by atoms with Gasteiger partial charge in [0, 0.05) is 12.1 Å². The number of sulfonamides is 1. The Morgan fingerprint density at radius 2 is 1.49 bits per heavy atom. The molecule has 0 spiro atoms. The summed E-state index contributed by atoms with van der Waals surface area (Å²) in [6.45, 7) is 7.06. The molecular formula is C34H47N3O5S. The molecule has 2 amide bonds. The maximum Gasteiger partial charge on any atom is 0.244 e. The fourth-order valence-corrected chi connectivity index (χ4v) is 8.89. The Labute approximate surface area is 257 Å². The first-order chi connectivity index (χ1) is 20.2. The van der Waals surface area contributed by atoms with Gasteiger partial charge in [0.2, 0.25) is 21.8 Å².